The highest BCUT2D eigenvalue weighted by atomic mass is 19.1. The van der Waals surface area contributed by atoms with E-state index >= 15 is 0 Å². The second-order valence-electron chi connectivity index (χ2n) is 7.26. The summed E-state index contributed by atoms with van der Waals surface area (Å²) in [6.45, 7) is 3.06. The lowest BCUT2D eigenvalue weighted by Crippen LogP contribution is -2.49. The molecule has 2 aliphatic rings. The van der Waals surface area contributed by atoms with Gasteiger partial charge in [-0.2, -0.15) is 0 Å². The number of benzene rings is 1. The van der Waals surface area contributed by atoms with Crippen LogP contribution in [-0.2, 0) is 11.3 Å². The number of furan rings is 1. The fraction of sp³-hybridized carbons (Fsp3) is 0.450. The topological polar surface area (TPSA) is 54.7 Å². The van der Waals surface area contributed by atoms with Gasteiger partial charge < -0.3 is 14.5 Å². The van der Waals surface area contributed by atoms with Crippen molar-refractivity contribution in [3.63, 3.8) is 0 Å². The number of likely N-dealkylation sites (tertiary alicyclic amines) is 1. The summed E-state index contributed by atoms with van der Waals surface area (Å²) in [7, 11) is 0. The molecule has 6 heteroatoms. The summed E-state index contributed by atoms with van der Waals surface area (Å²) in [5.74, 6) is -0.0395. The van der Waals surface area contributed by atoms with Gasteiger partial charge in [-0.15, -0.1) is 0 Å². The zero-order chi connectivity index (χ0) is 18.0. The van der Waals surface area contributed by atoms with E-state index in [0.717, 1.165) is 37.9 Å². The highest BCUT2D eigenvalue weighted by Crippen LogP contribution is 2.35. The number of halogens is 1. The van der Waals surface area contributed by atoms with E-state index in [9.17, 15) is 9.18 Å². The molecule has 138 valence electrons. The molecule has 0 radical (unpaired) electrons. The molecule has 0 unspecified atom stereocenters. The van der Waals surface area contributed by atoms with Crippen LogP contribution in [0.4, 0.5) is 4.39 Å². The molecule has 2 aromatic rings. The van der Waals surface area contributed by atoms with Gasteiger partial charge in [0.2, 0.25) is 0 Å². The molecule has 2 atom stereocenters. The summed E-state index contributed by atoms with van der Waals surface area (Å²) < 4.78 is 24.7. The molecule has 26 heavy (non-hydrogen) atoms. The molecule has 2 saturated heterocycles. The van der Waals surface area contributed by atoms with Gasteiger partial charge in [-0.3, -0.25) is 9.69 Å². The second-order valence-corrected chi connectivity index (χ2v) is 7.26. The Labute approximate surface area is 152 Å². The molecule has 0 saturated carbocycles. The minimum atomic E-state index is -0.229. The molecular weight excluding hydrogens is 335 g/mol. The highest BCUT2D eigenvalue weighted by molar-refractivity contribution is 5.91. The van der Waals surface area contributed by atoms with Crippen molar-refractivity contribution in [3.8, 4) is 0 Å². The van der Waals surface area contributed by atoms with Crippen LogP contribution in [0.3, 0.4) is 0 Å². The van der Waals surface area contributed by atoms with E-state index in [1.165, 1.54) is 12.3 Å². The Morgan fingerprint density at radius 3 is 3.08 bits per heavy atom. The van der Waals surface area contributed by atoms with Crippen LogP contribution in [0.5, 0.6) is 0 Å². The van der Waals surface area contributed by atoms with Crippen LogP contribution >= 0.6 is 0 Å². The number of amides is 1. The Morgan fingerprint density at radius 1 is 1.35 bits per heavy atom. The number of carbonyl (C=O) groups excluding carboxylic acids is 1. The number of hydrogen-bond donors (Lipinski definition) is 1. The lowest BCUT2D eigenvalue weighted by molar-refractivity contribution is -0.0793. The first kappa shape index (κ1) is 17.2. The van der Waals surface area contributed by atoms with Crippen molar-refractivity contribution in [2.75, 3.05) is 19.7 Å². The maximum atomic E-state index is 13.4. The summed E-state index contributed by atoms with van der Waals surface area (Å²) >= 11 is 0. The number of hydrogen-bond acceptors (Lipinski definition) is 4. The van der Waals surface area contributed by atoms with Crippen LogP contribution in [0.1, 0.15) is 35.4 Å². The summed E-state index contributed by atoms with van der Waals surface area (Å²) in [6.07, 6.45) is 4.02. The van der Waals surface area contributed by atoms with Gasteiger partial charge in [0.25, 0.3) is 5.91 Å². The van der Waals surface area contributed by atoms with Gasteiger partial charge in [-0.05, 0) is 49.1 Å². The fourth-order valence-corrected chi connectivity index (χ4v) is 4.06. The minimum Gasteiger partial charge on any atom is -0.459 e. The third-order valence-electron chi connectivity index (χ3n) is 5.26. The van der Waals surface area contributed by atoms with Crippen LogP contribution in [-0.4, -0.2) is 42.1 Å². The van der Waals surface area contributed by atoms with Gasteiger partial charge in [-0.25, -0.2) is 4.39 Å². The minimum absolute atomic E-state index is 0.0791. The molecule has 0 aliphatic carbocycles. The predicted octanol–water partition coefficient (Wildman–Crippen LogP) is 2.97. The van der Waals surface area contributed by atoms with Crippen LogP contribution in [0.15, 0.2) is 47.1 Å². The molecule has 2 aliphatic heterocycles. The van der Waals surface area contributed by atoms with Crippen LogP contribution < -0.4 is 5.32 Å². The van der Waals surface area contributed by atoms with Gasteiger partial charge in [0.1, 0.15) is 5.82 Å². The zero-order valence-corrected chi connectivity index (χ0v) is 14.6. The van der Waals surface area contributed by atoms with Gasteiger partial charge in [0.05, 0.1) is 11.9 Å². The predicted molar refractivity (Wildman–Crippen MR) is 94.2 cm³/mol. The van der Waals surface area contributed by atoms with E-state index in [1.54, 1.807) is 24.3 Å². The molecule has 0 bridgehead atoms. The number of nitrogens with zero attached hydrogens (tertiary/aromatic N) is 1. The van der Waals surface area contributed by atoms with Gasteiger partial charge in [-0.1, -0.05) is 12.1 Å². The molecule has 1 N–H and O–H groups in total. The Hall–Kier alpha value is -2.18. The fourth-order valence-electron chi connectivity index (χ4n) is 4.06. The number of nitrogens with one attached hydrogen (secondary N) is 1. The summed E-state index contributed by atoms with van der Waals surface area (Å²) in [4.78, 5) is 14.5. The van der Waals surface area contributed by atoms with Crippen molar-refractivity contribution >= 4 is 5.91 Å². The average molecular weight is 358 g/mol. The van der Waals surface area contributed by atoms with Crippen LogP contribution in [0.25, 0.3) is 0 Å². The van der Waals surface area contributed by atoms with E-state index < -0.39 is 0 Å². The SMILES string of the molecule is O=C(N[C@H]1CCO[C@]2(CCN(Cc3cccc(F)c3)C2)C1)c1ccco1. The first-order chi connectivity index (χ1) is 12.6. The van der Waals surface area contributed by atoms with E-state index in [0.29, 0.717) is 18.9 Å². The van der Waals surface area contributed by atoms with E-state index in [4.69, 9.17) is 9.15 Å². The van der Waals surface area contributed by atoms with Crippen molar-refractivity contribution in [1.29, 1.82) is 0 Å². The monoisotopic (exact) mass is 358 g/mol. The molecule has 5 nitrogen and oxygen atoms in total. The first-order valence-corrected chi connectivity index (χ1v) is 9.07. The third-order valence-corrected chi connectivity index (χ3v) is 5.26. The second kappa shape index (κ2) is 7.21. The number of rotatable bonds is 4. The molecule has 3 heterocycles. The van der Waals surface area contributed by atoms with Gasteiger partial charge in [0.15, 0.2) is 5.76 Å². The molecule has 2 fully saturated rings. The zero-order valence-electron chi connectivity index (χ0n) is 14.6. The van der Waals surface area contributed by atoms with E-state index in [2.05, 4.69) is 10.2 Å². The molecule has 1 aromatic heterocycles. The molecule has 1 amide bonds. The van der Waals surface area contributed by atoms with Crippen molar-refractivity contribution in [2.45, 2.75) is 37.5 Å². The van der Waals surface area contributed by atoms with Crippen LogP contribution in [0.2, 0.25) is 0 Å². The van der Waals surface area contributed by atoms with Crippen LogP contribution in [0, 0.1) is 5.82 Å². The Morgan fingerprint density at radius 2 is 2.27 bits per heavy atom. The molecule has 1 aromatic carbocycles. The van der Waals surface area contributed by atoms with Crippen molar-refractivity contribution in [1.82, 2.24) is 10.2 Å². The Bertz CT molecular complexity index is 764. The van der Waals surface area contributed by atoms with E-state index in [-0.39, 0.29) is 23.4 Å². The van der Waals surface area contributed by atoms with Crippen molar-refractivity contribution in [3.05, 3.63) is 59.8 Å². The Balaban J connectivity index is 1.35. The van der Waals surface area contributed by atoms with E-state index in [1.807, 2.05) is 6.07 Å². The van der Waals surface area contributed by atoms with Crippen molar-refractivity contribution in [2.24, 2.45) is 0 Å². The summed E-state index contributed by atoms with van der Waals surface area (Å²) in [5.41, 5.74) is 0.743. The lowest BCUT2D eigenvalue weighted by Gasteiger charge is -2.38. The molecule has 4 rings (SSSR count). The molecular formula is C20H23FN2O3. The normalized spacial score (nSPS) is 26.3. The maximum absolute atomic E-state index is 13.4. The maximum Gasteiger partial charge on any atom is 0.287 e. The standard InChI is InChI=1S/C20H23FN2O3/c21-16-4-1-3-15(11-16)13-23-8-7-20(14-23)12-17(6-10-26-20)22-19(24)18-5-2-9-25-18/h1-5,9,11,17H,6-8,10,12-14H2,(H,22,24)/t17-,20+/m0/s1. The van der Waals surface area contributed by atoms with Gasteiger partial charge >= 0.3 is 0 Å². The highest BCUT2D eigenvalue weighted by Gasteiger charge is 2.43. The average Bonchev–Trinajstić information content (AvgIpc) is 3.26. The number of ether oxygens (including phenoxy) is 1. The van der Waals surface area contributed by atoms with Crippen molar-refractivity contribution < 1.29 is 18.3 Å². The smallest absolute Gasteiger partial charge is 0.287 e. The molecule has 1 spiro atoms. The first-order valence-electron chi connectivity index (χ1n) is 9.07. The summed E-state index contributed by atoms with van der Waals surface area (Å²) in [6, 6.07) is 10.2. The largest absolute Gasteiger partial charge is 0.459 e. The Kier molecular flexibility index (Phi) is 4.78. The lowest BCUT2D eigenvalue weighted by atomic mass is 9.89. The van der Waals surface area contributed by atoms with Gasteiger partial charge in [0, 0.05) is 32.3 Å². The quantitative estimate of drug-likeness (QED) is 0.913. The summed E-state index contributed by atoms with van der Waals surface area (Å²) in [5, 5.41) is 3.06. The third kappa shape index (κ3) is 3.81. The number of carbonyl (C=O) groups is 1.